The van der Waals surface area contributed by atoms with Crippen molar-refractivity contribution in [2.45, 2.75) is 248 Å². The highest BCUT2D eigenvalue weighted by Gasteiger charge is 2.52. The van der Waals surface area contributed by atoms with E-state index in [0.29, 0.717) is 5.92 Å². The van der Waals surface area contributed by atoms with Crippen LogP contribution in [0.3, 0.4) is 0 Å². The third-order valence-corrected chi connectivity index (χ3v) is 18.1. The Labute approximate surface area is 402 Å². The summed E-state index contributed by atoms with van der Waals surface area (Å²) in [5.41, 5.74) is 0. The Morgan fingerprint density at radius 1 is 0.348 bits per heavy atom. The third kappa shape index (κ3) is 12.3. The lowest BCUT2D eigenvalue weighted by atomic mass is 9.82. The zero-order valence-corrected chi connectivity index (χ0v) is 44.5. The van der Waals surface area contributed by atoms with Gasteiger partial charge in [0.1, 0.15) is 36.4 Å². The zero-order valence-electron chi connectivity index (χ0n) is 43.7. The van der Waals surface area contributed by atoms with Crippen molar-refractivity contribution in [2.24, 2.45) is 65.1 Å². The maximum absolute atomic E-state index is 12.1. The van der Waals surface area contributed by atoms with Gasteiger partial charge in [0.2, 0.25) is 0 Å². The first kappa shape index (κ1) is 56.2. The first-order valence-corrected chi connectivity index (χ1v) is 26.0. The molecule has 386 valence electrons. The molecule has 66 heavy (non-hydrogen) atoms. The van der Waals surface area contributed by atoms with Gasteiger partial charge in [0.15, 0.2) is 31.3 Å². The highest BCUT2D eigenvalue weighted by molar-refractivity contribution is 6.26. The number of alkyl halides is 1. The van der Waals surface area contributed by atoms with Crippen molar-refractivity contribution in [1.29, 1.82) is 0 Å². The Hall–Kier alpha value is -0.720. The lowest BCUT2D eigenvalue weighted by Gasteiger charge is -2.50. The molecule has 6 heterocycles. The van der Waals surface area contributed by atoms with E-state index in [4.69, 9.17) is 63.7 Å². The summed E-state index contributed by atoms with van der Waals surface area (Å²) in [4.78, 5) is 12.1. The molecule has 6 rings (SSSR count). The summed E-state index contributed by atoms with van der Waals surface area (Å²) in [6, 6.07) is 0. The van der Waals surface area contributed by atoms with Crippen LogP contribution in [-0.2, 0) is 56.9 Å². The monoisotopic (exact) mass is 963 g/mol. The van der Waals surface area contributed by atoms with E-state index >= 15 is 0 Å². The minimum atomic E-state index is -0.784. The van der Waals surface area contributed by atoms with Crippen LogP contribution in [0, 0.1) is 65.1 Å². The highest BCUT2D eigenvalue weighted by atomic mass is 35.5. The predicted octanol–water partition coefficient (Wildman–Crippen LogP) is 7.98. The van der Waals surface area contributed by atoms with Gasteiger partial charge in [-0.05, 0) is 103 Å². The Morgan fingerprint density at radius 2 is 0.636 bits per heavy atom. The van der Waals surface area contributed by atoms with Crippen molar-refractivity contribution < 1.29 is 67.1 Å². The molecule has 14 nitrogen and oxygen atoms in total. The Kier molecular flexibility index (Phi) is 20.2. The molecule has 0 saturated carbocycles. The van der Waals surface area contributed by atoms with Crippen LogP contribution >= 0.6 is 11.6 Å². The van der Waals surface area contributed by atoms with Gasteiger partial charge in [-0.25, -0.2) is 0 Å². The number of halogens is 1. The van der Waals surface area contributed by atoms with E-state index in [1.54, 1.807) is 0 Å². The van der Waals surface area contributed by atoms with Crippen LogP contribution < -0.4 is 0 Å². The Bertz CT molecular complexity index is 1500. The topological polar surface area (TPSA) is 159 Å². The number of esters is 1. The summed E-state index contributed by atoms with van der Waals surface area (Å²) in [7, 11) is 0. The van der Waals surface area contributed by atoms with Crippen molar-refractivity contribution in [1.82, 2.24) is 0 Å². The summed E-state index contributed by atoms with van der Waals surface area (Å²) in [6.45, 7) is 39.5. The van der Waals surface area contributed by atoms with Gasteiger partial charge < -0.3 is 62.3 Å². The Morgan fingerprint density at radius 3 is 1.02 bits per heavy atom. The maximum atomic E-state index is 12.1. The summed E-state index contributed by atoms with van der Waals surface area (Å²) >= 11 is 5.72. The molecule has 6 aliphatic rings. The minimum Gasteiger partial charge on any atom is -0.456 e. The summed E-state index contributed by atoms with van der Waals surface area (Å²) in [5, 5.41) is 21.8. The molecule has 0 aromatic carbocycles. The number of aliphatic hydroxyl groups is 2. The fourth-order valence-electron chi connectivity index (χ4n) is 10.8. The van der Waals surface area contributed by atoms with Crippen LogP contribution in [0.2, 0.25) is 0 Å². The zero-order chi connectivity index (χ0) is 49.4. The van der Waals surface area contributed by atoms with Crippen molar-refractivity contribution in [3.63, 3.8) is 0 Å². The van der Waals surface area contributed by atoms with Gasteiger partial charge in [-0.3, -0.25) is 4.79 Å². The van der Waals surface area contributed by atoms with E-state index in [-0.39, 0.29) is 126 Å². The van der Waals surface area contributed by atoms with Gasteiger partial charge in [-0.1, -0.05) is 76.2 Å². The van der Waals surface area contributed by atoms with Crippen LogP contribution in [0.15, 0.2) is 0 Å². The van der Waals surface area contributed by atoms with Gasteiger partial charge >= 0.3 is 5.97 Å². The average Bonchev–Trinajstić information content (AvgIpc) is 3.27. The molecule has 0 bridgehead atoms. The van der Waals surface area contributed by atoms with E-state index in [1.807, 2.05) is 41.5 Å². The van der Waals surface area contributed by atoms with Crippen molar-refractivity contribution in [2.75, 3.05) is 5.88 Å². The van der Waals surface area contributed by atoms with Gasteiger partial charge in [0.05, 0.1) is 54.9 Å². The molecule has 0 amide bonds. The number of aliphatic hydroxyl groups excluding tert-OH is 2. The first-order chi connectivity index (χ1) is 30.8. The second kappa shape index (κ2) is 23.7. The molecule has 6 aliphatic heterocycles. The second-order valence-corrected chi connectivity index (χ2v) is 22.1. The number of ether oxygens (including phenoxy) is 11. The normalized spacial score (nSPS) is 53.6. The molecular weight excluding hydrogens is 872 g/mol. The molecule has 0 aromatic rings. The molecule has 0 aliphatic carbocycles. The van der Waals surface area contributed by atoms with Gasteiger partial charge in [-0.2, -0.15) is 0 Å². The summed E-state index contributed by atoms with van der Waals surface area (Å²) < 4.78 is 68.9. The number of carbonyl (C=O) groups is 1. The van der Waals surface area contributed by atoms with Crippen molar-refractivity contribution >= 4 is 17.6 Å². The van der Waals surface area contributed by atoms with Crippen LogP contribution in [0.4, 0.5) is 0 Å². The molecule has 15 heteroatoms. The fourth-order valence-corrected chi connectivity index (χ4v) is 10.9. The van der Waals surface area contributed by atoms with Crippen LogP contribution in [-0.4, -0.2) is 139 Å². The quantitative estimate of drug-likeness (QED) is 0.160. The minimum absolute atomic E-state index is 0.0118. The maximum Gasteiger partial charge on any atom is 0.321 e. The lowest BCUT2D eigenvalue weighted by Crippen LogP contribution is -2.60. The molecule has 13 unspecified atom stereocenters. The van der Waals surface area contributed by atoms with Crippen LogP contribution in [0.5, 0.6) is 0 Å². The first-order valence-electron chi connectivity index (χ1n) is 25.5. The van der Waals surface area contributed by atoms with E-state index in [2.05, 4.69) is 90.0 Å². The number of hydrogen-bond acceptors (Lipinski definition) is 14. The number of hydrogen-bond donors (Lipinski definition) is 2. The summed E-state index contributed by atoms with van der Waals surface area (Å²) in [5.74, 6) is 1.03. The molecular formula is C51H91ClO14. The number of rotatable bonds is 10. The van der Waals surface area contributed by atoms with Crippen LogP contribution in [0.25, 0.3) is 0 Å². The Balaban J connectivity index is 0.000000249. The van der Waals surface area contributed by atoms with E-state index in [1.165, 1.54) is 0 Å². The third-order valence-electron chi connectivity index (χ3n) is 17.8. The molecule has 6 fully saturated rings. The summed E-state index contributed by atoms with van der Waals surface area (Å²) in [6.07, 6.45) is -6.31. The van der Waals surface area contributed by atoms with Gasteiger partial charge in [0.25, 0.3) is 0 Å². The van der Waals surface area contributed by atoms with Gasteiger partial charge in [0, 0.05) is 17.8 Å². The van der Waals surface area contributed by atoms with Gasteiger partial charge in [-0.15, -0.1) is 11.6 Å². The molecule has 0 radical (unpaired) electrons. The smallest absolute Gasteiger partial charge is 0.321 e. The average molecular weight is 964 g/mol. The van der Waals surface area contributed by atoms with Crippen LogP contribution in [0.1, 0.15) is 132 Å². The lowest BCUT2D eigenvalue weighted by molar-refractivity contribution is -0.359. The molecule has 2 N–H and O–H groups in total. The fraction of sp³-hybridized carbons (Fsp3) is 0.980. The molecule has 6 saturated heterocycles. The second-order valence-electron chi connectivity index (χ2n) is 21.9. The van der Waals surface area contributed by atoms with E-state index in [0.717, 1.165) is 0 Å². The molecule has 0 spiro atoms. The largest absolute Gasteiger partial charge is 0.456 e. The predicted molar refractivity (Wildman–Crippen MR) is 250 cm³/mol. The SMILES string of the molecule is CC1O[C@@H](C)C(C)C(O[C@@H]2OC(C)[C@H](C)[C@H](C)C2O[C@@H]2OC(C)[C@H](C)[C@H](C)C2O)[C@H]1C.CC1O[C@@H](OC2[C@H](O[C@@H]3C(OC(=O)CCl)[C@H](C)OC(C)[C@@H]3C)OC(C)[C@H](C)[C@@H]2C)C(O)[C@@H](C)[C@H]1C. The van der Waals surface area contributed by atoms with Crippen molar-refractivity contribution in [3.8, 4) is 0 Å². The van der Waals surface area contributed by atoms with E-state index < -0.39 is 61.6 Å². The molecule has 30 atom stereocenters. The standard InChI is InChI=1S/C26H45ClO8.C25H46O6/c1-11-13(3)21(29)25(31-16(11)6)35-23-14(4)12(2)17(7)32-26(23)34-22-15(5)18(8)30-19(9)24(22)33-20(28)10-27;1-11-13(3)21(26)24(28-17(11)7)31-23-14(4)12(2)18(8)29-25(23)30-22-15(5)19(9)27-20(10)16(22)6/h11-19,21-26,29H,10H2,1-9H3;11-26H,1-10H3/t11-,12-,13+,14+,15+,16?,17?,18?,19+,21?,22+,23?,24?,25+,26+;11-,12-,13+,14+,15+,16?,17?,18?,19?,20+,21?,22?,23?,24+,25+/m11/s1. The molecule has 0 aromatic heterocycles. The highest BCUT2D eigenvalue weighted by Crippen LogP contribution is 2.42. The van der Waals surface area contributed by atoms with Crippen molar-refractivity contribution in [3.05, 3.63) is 0 Å². The number of carbonyl (C=O) groups excluding carboxylic acids is 1. The van der Waals surface area contributed by atoms with E-state index in [9.17, 15) is 15.0 Å².